The molecule has 2 rings (SSSR count). The smallest absolute Gasteiger partial charge is 0.292 e. The fraction of sp³-hybridized carbons (Fsp3) is 0.571. The molecule has 20 heavy (non-hydrogen) atoms. The zero-order valence-corrected chi connectivity index (χ0v) is 13.5. The maximum absolute atomic E-state index is 11.3. The van der Waals surface area contributed by atoms with Gasteiger partial charge >= 0.3 is 0 Å². The van der Waals surface area contributed by atoms with Crippen LogP contribution in [0.1, 0.15) is 19.4 Å². The van der Waals surface area contributed by atoms with Gasteiger partial charge in [-0.15, -0.1) is 0 Å². The number of likely N-dealkylation sites (N-methyl/N-ethyl adjacent to an activating group) is 1. The van der Waals surface area contributed by atoms with Crippen LogP contribution < -0.4 is 4.90 Å². The molecule has 0 spiro atoms. The quantitative estimate of drug-likeness (QED) is 0.479. The molecule has 1 saturated heterocycles. The number of benzene rings is 1. The molecule has 5 nitrogen and oxygen atoms in total. The highest BCUT2D eigenvalue weighted by Crippen LogP contribution is 2.31. The maximum Gasteiger partial charge on any atom is 0.292 e. The minimum absolute atomic E-state index is 0.207. The van der Waals surface area contributed by atoms with Crippen LogP contribution in [0.5, 0.6) is 0 Å². The van der Waals surface area contributed by atoms with Crippen LogP contribution in [0, 0.1) is 10.1 Å². The number of piperazine rings is 1. The number of hydrogen-bond acceptors (Lipinski definition) is 4. The van der Waals surface area contributed by atoms with E-state index in [2.05, 4.69) is 39.6 Å². The molecule has 0 aromatic heterocycles. The van der Waals surface area contributed by atoms with Gasteiger partial charge in [-0.05, 0) is 25.1 Å². The molecule has 1 aromatic carbocycles. The summed E-state index contributed by atoms with van der Waals surface area (Å²) < 4.78 is 0. The Hall–Kier alpha value is -1.14. The molecule has 1 aliphatic rings. The fourth-order valence-electron chi connectivity index (χ4n) is 2.75. The van der Waals surface area contributed by atoms with Crippen molar-refractivity contribution in [2.75, 3.05) is 31.1 Å². The van der Waals surface area contributed by atoms with E-state index in [1.807, 2.05) is 12.1 Å². The Kier molecular flexibility index (Phi) is 4.99. The highest BCUT2D eigenvalue weighted by Gasteiger charge is 2.27. The number of halogens is 1. The van der Waals surface area contributed by atoms with E-state index in [1.54, 1.807) is 6.07 Å². The van der Waals surface area contributed by atoms with E-state index in [0.29, 0.717) is 11.4 Å². The number of nitrogens with zero attached hydrogens (tertiary/aromatic N) is 3. The predicted octanol–water partition coefficient (Wildman–Crippen LogP) is 3.02. The molecule has 0 N–H and O–H groups in total. The molecule has 0 radical (unpaired) electrons. The van der Waals surface area contributed by atoms with Crippen molar-refractivity contribution in [3.05, 3.63) is 33.9 Å². The Labute approximate surface area is 127 Å². The predicted molar refractivity (Wildman–Crippen MR) is 84.6 cm³/mol. The molecule has 1 aliphatic heterocycles. The molecule has 1 fully saturated rings. The van der Waals surface area contributed by atoms with Gasteiger partial charge in [0, 0.05) is 37.1 Å². The summed E-state index contributed by atoms with van der Waals surface area (Å²) in [5, 5.41) is 11.9. The largest absolute Gasteiger partial charge is 0.363 e. The first kappa shape index (κ1) is 15.3. The van der Waals surface area contributed by atoms with Crippen LogP contribution in [-0.4, -0.2) is 42.0 Å². The molecule has 1 unspecified atom stereocenters. The summed E-state index contributed by atoms with van der Waals surface area (Å²) in [5.74, 6) is 0. The van der Waals surface area contributed by atoms with Crippen molar-refractivity contribution in [3.63, 3.8) is 0 Å². The first-order valence-corrected chi connectivity index (χ1v) is 8.01. The lowest BCUT2D eigenvalue weighted by Gasteiger charge is -2.40. The van der Waals surface area contributed by atoms with E-state index in [4.69, 9.17) is 0 Å². The topological polar surface area (TPSA) is 49.6 Å². The van der Waals surface area contributed by atoms with Gasteiger partial charge in [-0.3, -0.25) is 15.0 Å². The van der Waals surface area contributed by atoms with Crippen molar-refractivity contribution >= 4 is 27.3 Å². The highest BCUT2D eigenvalue weighted by atomic mass is 79.9. The SMILES string of the molecule is CCN1CCN(c2ccc(CBr)cc2[N+](=O)[O-])CC1C. The minimum Gasteiger partial charge on any atom is -0.363 e. The van der Waals surface area contributed by atoms with Crippen molar-refractivity contribution in [3.8, 4) is 0 Å². The van der Waals surface area contributed by atoms with Gasteiger partial charge < -0.3 is 4.90 Å². The number of anilines is 1. The Morgan fingerprint density at radius 3 is 2.75 bits per heavy atom. The second-order valence-electron chi connectivity index (χ2n) is 5.14. The maximum atomic E-state index is 11.3. The van der Waals surface area contributed by atoms with Crippen molar-refractivity contribution in [1.82, 2.24) is 4.90 Å². The lowest BCUT2D eigenvalue weighted by Crippen LogP contribution is -2.51. The number of hydrogen-bond donors (Lipinski definition) is 0. The molecular formula is C14H20BrN3O2. The molecule has 1 aromatic rings. The van der Waals surface area contributed by atoms with E-state index in [-0.39, 0.29) is 10.6 Å². The van der Waals surface area contributed by atoms with Crippen LogP contribution in [0.15, 0.2) is 18.2 Å². The standard InChI is InChI=1S/C14H20BrN3O2/c1-3-16-6-7-17(10-11(16)2)13-5-4-12(9-15)8-14(13)18(19)20/h4-5,8,11H,3,6-7,9-10H2,1-2H3. The van der Waals surface area contributed by atoms with Crippen molar-refractivity contribution < 1.29 is 4.92 Å². The van der Waals surface area contributed by atoms with Crippen LogP contribution in [-0.2, 0) is 5.33 Å². The zero-order chi connectivity index (χ0) is 14.7. The zero-order valence-electron chi connectivity index (χ0n) is 11.9. The highest BCUT2D eigenvalue weighted by molar-refractivity contribution is 9.08. The van der Waals surface area contributed by atoms with Crippen LogP contribution in [0.4, 0.5) is 11.4 Å². The van der Waals surface area contributed by atoms with E-state index in [0.717, 1.165) is 37.4 Å². The summed E-state index contributed by atoms with van der Waals surface area (Å²) in [6.45, 7) is 7.98. The number of nitro benzene ring substituents is 1. The van der Waals surface area contributed by atoms with Gasteiger partial charge in [0.05, 0.1) is 4.92 Å². The second-order valence-corrected chi connectivity index (χ2v) is 5.70. The van der Waals surface area contributed by atoms with E-state index >= 15 is 0 Å². The molecule has 0 saturated carbocycles. The third-order valence-electron chi connectivity index (χ3n) is 3.90. The van der Waals surface area contributed by atoms with Crippen LogP contribution >= 0.6 is 15.9 Å². The van der Waals surface area contributed by atoms with Gasteiger partial charge in [-0.1, -0.05) is 28.9 Å². The first-order chi connectivity index (χ1) is 9.56. The van der Waals surface area contributed by atoms with Gasteiger partial charge in [0.1, 0.15) is 5.69 Å². The molecule has 0 bridgehead atoms. The van der Waals surface area contributed by atoms with E-state index < -0.39 is 0 Å². The van der Waals surface area contributed by atoms with Gasteiger partial charge in [-0.2, -0.15) is 0 Å². The second kappa shape index (κ2) is 6.54. The van der Waals surface area contributed by atoms with Gasteiger partial charge in [0.25, 0.3) is 5.69 Å². The molecule has 6 heteroatoms. The molecule has 1 heterocycles. The summed E-state index contributed by atoms with van der Waals surface area (Å²) in [7, 11) is 0. The Balaban J connectivity index is 2.26. The van der Waals surface area contributed by atoms with E-state index in [1.165, 1.54) is 0 Å². The first-order valence-electron chi connectivity index (χ1n) is 6.89. The molecule has 0 amide bonds. The normalized spacial score (nSPS) is 20.1. The van der Waals surface area contributed by atoms with Crippen LogP contribution in [0.25, 0.3) is 0 Å². The third-order valence-corrected chi connectivity index (χ3v) is 4.55. The Morgan fingerprint density at radius 1 is 1.45 bits per heavy atom. The number of nitro groups is 1. The summed E-state index contributed by atoms with van der Waals surface area (Å²) in [6, 6.07) is 5.92. The summed E-state index contributed by atoms with van der Waals surface area (Å²) in [4.78, 5) is 15.5. The molecule has 110 valence electrons. The van der Waals surface area contributed by atoms with Crippen LogP contribution in [0.3, 0.4) is 0 Å². The lowest BCUT2D eigenvalue weighted by molar-refractivity contribution is -0.384. The number of alkyl halides is 1. The average molecular weight is 342 g/mol. The van der Waals surface area contributed by atoms with Gasteiger partial charge in [-0.25, -0.2) is 0 Å². The summed E-state index contributed by atoms with van der Waals surface area (Å²) in [6.07, 6.45) is 0. The lowest BCUT2D eigenvalue weighted by atomic mass is 10.1. The van der Waals surface area contributed by atoms with Gasteiger partial charge in [0.15, 0.2) is 0 Å². The minimum atomic E-state index is -0.279. The summed E-state index contributed by atoms with van der Waals surface area (Å²) in [5.41, 5.74) is 1.88. The number of rotatable bonds is 4. The van der Waals surface area contributed by atoms with Crippen molar-refractivity contribution in [1.29, 1.82) is 0 Å². The van der Waals surface area contributed by atoms with Crippen molar-refractivity contribution in [2.45, 2.75) is 25.2 Å². The molecule has 0 aliphatic carbocycles. The average Bonchev–Trinajstić information content (AvgIpc) is 2.46. The van der Waals surface area contributed by atoms with E-state index in [9.17, 15) is 10.1 Å². The summed E-state index contributed by atoms with van der Waals surface area (Å²) >= 11 is 3.35. The third kappa shape index (κ3) is 3.12. The van der Waals surface area contributed by atoms with Gasteiger partial charge in [0.2, 0.25) is 0 Å². The fourth-order valence-corrected chi connectivity index (χ4v) is 3.10. The molecule has 1 atom stereocenters. The Morgan fingerprint density at radius 2 is 2.20 bits per heavy atom. The molecular weight excluding hydrogens is 322 g/mol. The Bertz CT molecular complexity index is 495. The van der Waals surface area contributed by atoms with Crippen molar-refractivity contribution in [2.24, 2.45) is 0 Å². The van der Waals surface area contributed by atoms with Crippen LogP contribution in [0.2, 0.25) is 0 Å². The monoisotopic (exact) mass is 341 g/mol.